The highest BCUT2D eigenvalue weighted by molar-refractivity contribution is 6.16. The molecule has 0 amide bonds. The van der Waals surface area contributed by atoms with Gasteiger partial charge in [0.2, 0.25) is 0 Å². The van der Waals surface area contributed by atoms with E-state index in [1.165, 1.54) is 16.7 Å². The monoisotopic (exact) mass is 509 g/mol. The molecule has 4 nitrogen and oxygen atoms in total. The number of carboxylic acid groups (broad SMARTS) is 1. The molecular weight excluding hydrogens is 470 g/mol. The highest BCUT2D eigenvalue weighted by Crippen LogP contribution is 2.28. The van der Waals surface area contributed by atoms with Crippen LogP contribution in [0.25, 0.3) is 10.9 Å². The van der Waals surface area contributed by atoms with Crippen molar-refractivity contribution in [2.24, 2.45) is 5.92 Å². The van der Waals surface area contributed by atoms with Crippen molar-refractivity contribution in [2.75, 3.05) is 0 Å². The summed E-state index contributed by atoms with van der Waals surface area (Å²) in [6, 6.07) is 25.1. The molecule has 1 N–H and O–H groups in total. The first-order chi connectivity index (χ1) is 18.4. The number of para-hydroxylation sites is 1. The summed E-state index contributed by atoms with van der Waals surface area (Å²) >= 11 is 0. The molecule has 4 aromatic rings. The van der Waals surface area contributed by atoms with Crippen molar-refractivity contribution in [3.8, 4) is 0 Å². The predicted molar refractivity (Wildman–Crippen MR) is 155 cm³/mol. The third kappa shape index (κ3) is 6.80. The van der Waals surface area contributed by atoms with Gasteiger partial charge in [-0.2, -0.15) is 0 Å². The maximum atomic E-state index is 13.5. The molecule has 1 heterocycles. The van der Waals surface area contributed by atoms with E-state index in [1.54, 1.807) is 0 Å². The Labute approximate surface area is 226 Å². The summed E-state index contributed by atoms with van der Waals surface area (Å²) in [7, 11) is 0. The molecule has 0 saturated heterocycles. The van der Waals surface area contributed by atoms with Gasteiger partial charge in [-0.25, -0.2) is 0 Å². The molecule has 198 valence electrons. The first-order valence-corrected chi connectivity index (χ1v) is 13.9. The van der Waals surface area contributed by atoms with E-state index in [1.807, 2.05) is 47.2 Å². The molecule has 0 fully saturated rings. The smallest absolute Gasteiger partial charge is 0.303 e. The van der Waals surface area contributed by atoms with Crippen LogP contribution in [0, 0.1) is 5.92 Å². The fourth-order valence-corrected chi connectivity index (χ4v) is 5.38. The molecule has 1 unspecified atom stereocenters. The van der Waals surface area contributed by atoms with Crippen LogP contribution in [0.4, 0.5) is 0 Å². The zero-order valence-corrected chi connectivity index (χ0v) is 22.8. The van der Waals surface area contributed by atoms with Crippen LogP contribution in [0.2, 0.25) is 0 Å². The second-order valence-electron chi connectivity index (χ2n) is 10.8. The Kier molecular flexibility index (Phi) is 9.17. The summed E-state index contributed by atoms with van der Waals surface area (Å²) in [6.07, 6.45) is 6.83. The zero-order chi connectivity index (χ0) is 27.1. The summed E-state index contributed by atoms with van der Waals surface area (Å²) < 4.78 is 2.00. The van der Waals surface area contributed by atoms with Gasteiger partial charge < -0.3 is 9.67 Å². The lowest BCUT2D eigenvalue weighted by Crippen LogP contribution is -2.05. The van der Waals surface area contributed by atoms with Gasteiger partial charge in [0.05, 0.1) is 0 Å². The van der Waals surface area contributed by atoms with Crippen LogP contribution >= 0.6 is 0 Å². The molecule has 0 radical (unpaired) electrons. The number of fused-ring (bicyclic) bond motifs is 1. The van der Waals surface area contributed by atoms with Gasteiger partial charge in [0.1, 0.15) is 0 Å². The summed E-state index contributed by atoms with van der Waals surface area (Å²) in [5, 5.41) is 9.90. The number of benzene rings is 3. The van der Waals surface area contributed by atoms with E-state index >= 15 is 0 Å². The second kappa shape index (κ2) is 12.7. The molecule has 0 spiro atoms. The largest absolute Gasteiger partial charge is 0.481 e. The van der Waals surface area contributed by atoms with Crippen LogP contribution in [0.1, 0.15) is 85.0 Å². The minimum atomic E-state index is -0.804. The summed E-state index contributed by atoms with van der Waals surface area (Å²) in [6.45, 7) is 7.31. The van der Waals surface area contributed by atoms with E-state index in [9.17, 15) is 9.59 Å². The van der Waals surface area contributed by atoms with Crippen molar-refractivity contribution in [2.45, 2.75) is 71.8 Å². The number of aryl methyl sites for hydroxylation is 1. The SMILES string of the molecule is CCCC(Cc1ccc(C(=O)c2cn(CCCC(=O)O)c3ccccc23)cc1)c1ccc(CC(C)C)cc1. The van der Waals surface area contributed by atoms with Gasteiger partial charge in [0.15, 0.2) is 5.78 Å². The van der Waals surface area contributed by atoms with E-state index in [-0.39, 0.29) is 12.2 Å². The fourth-order valence-electron chi connectivity index (χ4n) is 5.38. The number of hydrogen-bond donors (Lipinski definition) is 1. The molecule has 4 rings (SSSR count). The van der Waals surface area contributed by atoms with E-state index in [0.29, 0.717) is 35.9 Å². The van der Waals surface area contributed by atoms with Crippen LogP contribution in [0.5, 0.6) is 0 Å². The maximum Gasteiger partial charge on any atom is 0.303 e. The molecule has 0 aliphatic carbocycles. The number of nitrogens with zero attached hydrogens (tertiary/aromatic N) is 1. The third-order valence-electron chi connectivity index (χ3n) is 7.25. The lowest BCUT2D eigenvalue weighted by molar-refractivity contribution is -0.137. The Morgan fingerprint density at radius 3 is 2.18 bits per heavy atom. The fraction of sp³-hybridized carbons (Fsp3) is 0.353. The number of carbonyl (C=O) groups excluding carboxylic acids is 1. The molecule has 38 heavy (non-hydrogen) atoms. The molecule has 0 aliphatic rings. The quantitative estimate of drug-likeness (QED) is 0.185. The third-order valence-corrected chi connectivity index (χ3v) is 7.25. The molecule has 4 heteroatoms. The van der Waals surface area contributed by atoms with Crippen LogP contribution in [-0.4, -0.2) is 21.4 Å². The molecule has 1 atom stereocenters. The number of hydrogen-bond acceptors (Lipinski definition) is 2. The Balaban J connectivity index is 1.50. The van der Waals surface area contributed by atoms with Crippen molar-refractivity contribution >= 4 is 22.7 Å². The van der Waals surface area contributed by atoms with Crippen molar-refractivity contribution in [1.29, 1.82) is 0 Å². The Hall–Kier alpha value is -3.66. The van der Waals surface area contributed by atoms with Crippen molar-refractivity contribution in [1.82, 2.24) is 4.57 Å². The number of aromatic nitrogens is 1. The second-order valence-corrected chi connectivity index (χ2v) is 10.8. The molecule has 0 saturated carbocycles. The lowest BCUT2D eigenvalue weighted by Gasteiger charge is -2.18. The Morgan fingerprint density at radius 1 is 0.868 bits per heavy atom. The molecule has 3 aromatic carbocycles. The number of carbonyl (C=O) groups is 2. The highest BCUT2D eigenvalue weighted by atomic mass is 16.4. The molecule has 1 aromatic heterocycles. The van der Waals surface area contributed by atoms with Gasteiger partial charge in [-0.05, 0) is 60.3 Å². The van der Waals surface area contributed by atoms with Crippen LogP contribution in [0.15, 0.2) is 79.0 Å². The van der Waals surface area contributed by atoms with Crippen molar-refractivity contribution < 1.29 is 14.7 Å². The first kappa shape index (κ1) is 27.4. The first-order valence-electron chi connectivity index (χ1n) is 13.9. The number of aliphatic carboxylic acids is 1. The Morgan fingerprint density at radius 2 is 1.53 bits per heavy atom. The summed E-state index contributed by atoms with van der Waals surface area (Å²) in [5.41, 5.74) is 6.31. The van der Waals surface area contributed by atoms with Crippen molar-refractivity contribution in [3.05, 3.63) is 107 Å². The molecule has 0 bridgehead atoms. The average molecular weight is 510 g/mol. The van der Waals surface area contributed by atoms with E-state index in [0.717, 1.165) is 36.6 Å². The van der Waals surface area contributed by atoms with Gasteiger partial charge in [-0.1, -0.05) is 93.9 Å². The number of carboxylic acids is 1. The van der Waals surface area contributed by atoms with E-state index in [2.05, 4.69) is 57.2 Å². The van der Waals surface area contributed by atoms with Gasteiger partial charge in [-0.3, -0.25) is 9.59 Å². The number of rotatable bonds is 13. The Bertz CT molecular complexity index is 1360. The highest BCUT2D eigenvalue weighted by Gasteiger charge is 2.18. The van der Waals surface area contributed by atoms with Gasteiger partial charge in [-0.15, -0.1) is 0 Å². The van der Waals surface area contributed by atoms with Gasteiger partial charge in [0.25, 0.3) is 0 Å². The van der Waals surface area contributed by atoms with E-state index in [4.69, 9.17) is 5.11 Å². The van der Waals surface area contributed by atoms with E-state index < -0.39 is 5.97 Å². The number of ketones is 1. The minimum Gasteiger partial charge on any atom is -0.481 e. The van der Waals surface area contributed by atoms with Gasteiger partial charge in [0, 0.05) is 41.2 Å². The van der Waals surface area contributed by atoms with Crippen LogP contribution < -0.4 is 0 Å². The maximum absolute atomic E-state index is 13.5. The standard InChI is InChI=1S/C34H39NO3/c1-4-8-29(27-16-12-25(13-17-27)21-24(2)3)22-26-14-18-28(19-15-26)34(38)31-23-35(20-7-11-33(36)37)32-10-6-5-9-30(31)32/h5-6,9-10,12-19,23-24,29H,4,7-8,11,20-22H2,1-3H3,(H,36,37). The minimum absolute atomic E-state index is 0.00409. The summed E-state index contributed by atoms with van der Waals surface area (Å²) in [4.78, 5) is 24.5. The van der Waals surface area contributed by atoms with Crippen LogP contribution in [0.3, 0.4) is 0 Å². The lowest BCUT2D eigenvalue weighted by atomic mass is 9.87. The van der Waals surface area contributed by atoms with Crippen molar-refractivity contribution in [3.63, 3.8) is 0 Å². The molecular formula is C34H39NO3. The van der Waals surface area contributed by atoms with Crippen LogP contribution in [-0.2, 0) is 24.2 Å². The predicted octanol–water partition coefficient (Wildman–Crippen LogP) is 8.06. The summed E-state index contributed by atoms with van der Waals surface area (Å²) in [5.74, 6) is 0.304. The zero-order valence-electron chi connectivity index (χ0n) is 22.8. The molecule has 0 aliphatic heterocycles. The average Bonchev–Trinajstić information content (AvgIpc) is 3.27. The normalized spacial score (nSPS) is 12.2. The topological polar surface area (TPSA) is 59.3 Å². The van der Waals surface area contributed by atoms with Gasteiger partial charge >= 0.3 is 5.97 Å².